The fourth-order valence-electron chi connectivity index (χ4n) is 1.83. The van der Waals surface area contributed by atoms with E-state index in [1.165, 1.54) is 17.7 Å². The summed E-state index contributed by atoms with van der Waals surface area (Å²) < 4.78 is 6.61. The van der Waals surface area contributed by atoms with Crippen LogP contribution in [0.15, 0.2) is 46.9 Å². The summed E-state index contributed by atoms with van der Waals surface area (Å²) in [5, 5.41) is 12.1. The summed E-state index contributed by atoms with van der Waals surface area (Å²) in [5.74, 6) is -0.280. The predicted octanol–water partition coefficient (Wildman–Crippen LogP) is 3.95. The van der Waals surface area contributed by atoms with Crippen LogP contribution >= 0.6 is 15.9 Å². The molecule has 0 fully saturated rings. The molecule has 2 N–H and O–H groups in total. The number of anilines is 1. The SMILES string of the molecule is Cc1cccc(NCCOc2ccc(C(=O)O)cc2)c1Br. The molecule has 0 aliphatic carbocycles. The van der Waals surface area contributed by atoms with Crippen molar-refractivity contribution in [3.8, 4) is 5.75 Å². The molecule has 0 aliphatic heterocycles. The minimum Gasteiger partial charge on any atom is -0.492 e. The fraction of sp³-hybridized carbons (Fsp3) is 0.188. The van der Waals surface area contributed by atoms with Gasteiger partial charge in [-0.25, -0.2) is 4.79 Å². The van der Waals surface area contributed by atoms with Gasteiger partial charge in [0.05, 0.1) is 5.56 Å². The zero-order chi connectivity index (χ0) is 15.2. The maximum Gasteiger partial charge on any atom is 0.335 e. The Kier molecular flexibility index (Phi) is 5.22. The highest BCUT2D eigenvalue weighted by Crippen LogP contribution is 2.25. The van der Waals surface area contributed by atoms with Gasteiger partial charge in [0.2, 0.25) is 0 Å². The van der Waals surface area contributed by atoms with Gasteiger partial charge >= 0.3 is 5.97 Å². The summed E-state index contributed by atoms with van der Waals surface area (Å²) >= 11 is 3.54. The van der Waals surface area contributed by atoms with Crippen LogP contribution in [0.1, 0.15) is 15.9 Å². The van der Waals surface area contributed by atoms with Crippen LogP contribution in [0.3, 0.4) is 0 Å². The molecule has 2 rings (SSSR count). The molecule has 0 radical (unpaired) electrons. The van der Waals surface area contributed by atoms with E-state index in [1.807, 2.05) is 25.1 Å². The molecule has 0 amide bonds. The Labute approximate surface area is 131 Å². The predicted molar refractivity (Wildman–Crippen MR) is 86.3 cm³/mol. The van der Waals surface area contributed by atoms with E-state index in [2.05, 4.69) is 21.2 Å². The second-order valence-electron chi connectivity index (χ2n) is 4.54. The van der Waals surface area contributed by atoms with Crippen LogP contribution < -0.4 is 10.1 Å². The molecule has 4 nitrogen and oxygen atoms in total. The Hall–Kier alpha value is -2.01. The lowest BCUT2D eigenvalue weighted by atomic mass is 10.2. The van der Waals surface area contributed by atoms with Crippen LogP contribution in [-0.2, 0) is 0 Å². The normalized spacial score (nSPS) is 10.2. The summed E-state index contributed by atoms with van der Waals surface area (Å²) in [4.78, 5) is 10.7. The number of hydrogen-bond donors (Lipinski definition) is 2. The van der Waals surface area contributed by atoms with E-state index in [1.54, 1.807) is 12.1 Å². The molecule has 2 aromatic carbocycles. The molecule has 2 aromatic rings. The summed E-state index contributed by atoms with van der Waals surface area (Å²) in [6.07, 6.45) is 0. The van der Waals surface area contributed by atoms with Crippen LogP contribution in [0, 0.1) is 6.92 Å². The number of nitrogens with one attached hydrogen (secondary N) is 1. The molecule has 0 unspecified atom stereocenters. The van der Waals surface area contributed by atoms with Crippen LogP contribution in [0.5, 0.6) is 5.75 Å². The molecule has 0 atom stereocenters. The van der Waals surface area contributed by atoms with Crippen molar-refractivity contribution in [1.29, 1.82) is 0 Å². The maximum absolute atomic E-state index is 10.7. The monoisotopic (exact) mass is 349 g/mol. The molecular weight excluding hydrogens is 334 g/mol. The van der Waals surface area contributed by atoms with Crippen molar-refractivity contribution in [3.05, 3.63) is 58.1 Å². The standard InChI is InChI=1S/C16H16BrNO3/c1-11-3-2-4-14(15(11)17)18-9-10-21-13-7-5-12(6-8-13)16(19)20/h2-8,18H,9-10H2,1H3,(H,19,20). The Morgan fingerprint density at radius 3 is 2.62 bits per heavy atom. The maximum atomic E-state index is 10.7. The third-order valence-corrected chi connectivity index (χ3v) is 4.03. The number of aromatic carboxylic acids is 1. The molecule has 0 aromatic heterocycles. The topological polar surface area (TPSA) is 58.6 Å². The van der Waals surface area contributed by atoms with E-state index < -0.39 is 5.97 Å². The Balaban J connectivity index is 1.82. The number of carboxylic acid groups (broad SMARTS) is 1. The zero-order valence-electron chi connectivity index (χ0n) is 11.6. The van der Waals surface area contributed by atoms with Gasteiger partial charge in [-0.2, -0.15) is 0 Å². The van der Waals surface area contributed by atoms with Crippen molar-refractivity contribution < 1.29 is 14.6 Å². The quantitative estimate of drug-likeness (QED) is 0.775. The zero-order valence-corrected chi connectivity index (χ0v) is 13.2. The van der Waals surface area contributed by atoms with Crippen molar-refractivity contribution in [1.82, 2.24) is 0 Å². The van der Waals surface area contributed by atoms with E-state index >= 15 is 0 Å². The second-order valence-corrected chi connectivity index (χ2v) is 5.33. The number of aryl methyl sites for hydroxylation is 1. The molecule has 0 heterocycles. The average Bonchev–Trinajstić information content (AvgIpc) is 2.48. The van der Waals surface area contributed by atoms with Gasteiger partial charge in [0, 0.05) is 16.7 Å². The molecule has 0 bridgehead atoms. The molecule has 5 heteroatoms. The molecule has 0 aliphatic rings. The molecule has 0 saturated carbocycles. The van der Waals surface area contributed by atoms with Gasteiger partial charge in [0.25, 0.3) is 0 Å². The number of halogens is 1. The van der Waals surface area contributed by atoms with Crippen molar-refractivity contribution in [2.75, 3.05) is 18.5 Å². The lowest BCUT2D eigenvalue weighted by Crippen LogP contribution is -2.12. The number of benzene rings is 2. The van der Waals surface area contributed by atoms with Crippen LogP contribution in [0.25, 0.3) is 0 Å². The van der Waals surface area contributed by atoms with Gasteiger partial charge in [-0.05, 0) is 58.7 Å². The van der Waals surface area contributed by atoms with Crippen molar-refractivity contribution in [3.63, 3.8) is 0 Å². The minimum atomic E-state index is -0.937. The number of carboxylic acids is 1. The molecule has 0 saturated heterocycles. The van der Waals surface area contributed by atoms with E-state index in [0.29, 0.717) is 18.9 Å². The van der Waals surface area contributed by atoms with Gasteiger partial charge < -0.3 is 15.2 Å². The summed E-state index contributed by atoms with van der Waals surface area (Å²) in [6, 6.07) is 12.4. The minimum absolute atomic E-state index is 0.254. The third-order valence-electron chi connectivity index (χ3n) is 2.98. The largest absolute Gasteiger partial charge is 0.492 e. The summed E-state index contributed by atoms with van der Waals surface area (Å²) in [7, 11) is 0. The Morgan fingerprint density at radius 1 is 1.24 bits per heavy atom. The first-order valence-electron chi connectivity index (χ1n) is 6.53. The average molecular weight is 350 g/mol. The van der Waals surface area contributed by atoms with E-state index in [0.717, 1.165) is 10.2 Å². The molecular formula is C16H16BrNO3. The first kappa shape index (κ1) is 15.4. The van der Waals surface area contributed by atoms with Gasteiger partial charge in [-0.3, -0.25) is 0 Å². The highest BCUT2D eigenvalue weighted by molar-refractivity contribution is 9.10. The molecule has 21 heavy (non-hydrogen) atoms. The van der Waals surface area contributed by atoms with Crippen LogP contribution in [0.2, 0.25) is 0 Å². The lowest BCUT2D eigenvalue weighted by Gasteiger charge is -2.11. The highest BCUT2D eigenvalue weighted by atomic mass is 79.9. The third kappa shape index (κ3) is 4.23. The first-order chi connectivity index (χ1) is 10.1. The van der Waals surface area contributed by atoms with Crippen LogP contribution in [0.4, 0.5) is 5.69 Å². The lowest BCUT2D eigenvalue weighted by molar-refractivity contribution is 0.0697. The van der Waals surface area contributed by atoms with Crippen molar-refractivity contribution in [2.24, 2.45) is 0 Å². The molecule has 0 spiro atoms. The number of ether oxygens (including phenoxy) is 1. The fourth-order valence-corrected chi connectivity index (χ4v) is 2.24. The highest BCUT2D eigenvalue weighted by Gasteiger charge is 2.03. The first-order valence-corrected chi connectivity index (χ1v) is 7.32. The van der Waals surface area contributed by atoms with E-state index in [-0.39, 0.29) is 5.56 Å². The van der Waals surface area contributed by atoms with E-state index in [9.17, 15) is 4.79 Å². The number of carbonyl (C=O) groups is 1. The Morgan fingerprint density at radius 2 is 1.95 bits per heavy atom. The van der Waals surface area contributed by atoms with E-state index in [4.69, 9.17) is 9.84 Å². The number of hydrogen-bond acceptors (Lipinski definition) is 3. The van der Waals surface area contributed by atoms with Crippen molar-refractivity contribution >= 4 is 27.6 Å². The van der Waals surface area contributed by atoms with Gasteiger partial charge in [-0.15, -0.1) is 0 Å². The number of rotatable bonds is 6. The smallest absolute Gasteiger partial charge is 0.335 e. The molecule has 110 valence electrons. The van der Waals surface area contributed by atoms with Gasteiger partial charge in [-0.1, -0.05) is 12.1 Å². The Bertz CT molecular complexity index is 626. The summed E-state index contributed by atoms with van der Waals surface area (Å²) in [5.41, 5.74) is 2.45. The van der Waals surface area contributed by atoms with Gasteiger partial charge in [0.1, 0.15) is 12.4 Å². The van der Waals surface area contributed by atoms with Gasteiger partial charge in [0.15, 0.2) is 0 Å². The van der Waals surface area contributed by atoms with Crippen molar-refractivity contribution in [2.45, 2.75) is 6.92 Å². The summed E-state index contributed by atoms with van der Waals surface area (Å²) in [6.45, 7) is 3.19. The van der Waals surface area contributed by atoms with Crippen LogP contribution in [-0.4, -0.2) is 24.2 Å². The second kappa shape index (κ2) is 7.13.